The van der Waals surface area contributed by atoms with Gasteiger partial charge in [-0.05, 0) is 24.3 Å². The first-order chi connectivity index (χ1) is 9.11. The number of carboxylic acid groups (broad SMARTS) is 1. The van der Waals surface area contributed by atoms with Gasteiger partial charge in [0.2, 0.25) is 0 Å². The summed E-state index contributed by atoms with van der Waals surface area (Å²) < 4.78 is 0. The summed E-state index contributed by atoms with van der Waals surface area (Å²) in [5.41, 5.74) is 0.124. The highest BCUT2D eigenvalue weighted by atomic mass is 16.4. The third-order valence-corrected chi connectivity index (χ3v) is 2.69. The molecule has 0 spiro atoms. The molecule has 1 N–H and O–H groups in total. The van der Waals surface area contributed by atoms with Crippen LogP contribution in [0.4, 0.5) is 5.82 Å². The Bertz CT molecular complexity index is 611. The van der Waals surface area contributed by atoms with Crippen molar-refractivity contribution in [3.8, 4) is 0 Å². The molecule has 2 rings (SSSR count). The van der Waals surface area contributed by atoms with Gasteiger partial charge < -0.3 is 5.11 Å². The molecule has 0 unspecified atom stereocenters. The number of aromatic nitrogens is 1. The Morgan fingerprint density at radius 3 is 2.26 bits per heavy atom. The number of pyridine rings is 1. The van der Waals surface area contributed by atoms with Crippen LogP contribution in [0, 0.1) is 0 Å². The number of carbonyl (C=O) groups excluding carboxylic acids is 1. The third-order valence-electron chi connectivity index (χ3n) is 2.69. The number of aromatic carboxylic acids is 1. The van der Waals surface area contributed by atoms with Crippen molar-refractivity contribution >= 4 is 17.7 Å². The molecule has 19 heavy (non-hydrogen) atoms. The summed E-state index contributed by atoms with van der Waals surface area (Å²) in [6, 6.07) is 11.3. The summed E-state index contributed by atoms with van der Waals surface area (Å²) in [4.78, 5) is 28.8. The first-order valence-corrected chi connectivity index (χ1v) is 5.62. The topological polar surface area (TPSA) is 70.5 Å². The molecule has 1 amide bonds. The second kappa shape index (κ2) is 5.30. The van der Waals surface area contributed by atoms with Crippen LogP contribution >= 0.6 is 0 Å². The predicted molar refractivity (Wildman–Crippen MR) is 70.4 cm³/mol. The van der Waals surface area contributed by atoms with E-state index in [0.717, 1.165) is 0 Å². The van der Waals surface area contributed by atoms with Crippen LogP contribution in [0.5, 0.6) is 0 Å². The largest absolute Gasteiger partial charge is 0.478 e. The Kier molecular flexibility index (Phi) is 3.56. The summed E-state index contributed by atoms with van der Waals surface area (Å²) in [5, 5.41) is 9.08. The van der Waals surface area contributed by atoms with Crippen LogP contribution in [0.3, 0.4) is 0 Å². The number of benzene rings is 1. The number of carboxylic acids is 1. The molecule has 2 aromatic rings. The van der Waals surface area contributed by atoms with Crippen LogP contribution in [-0.2, 0) is 0 Å². The number of hydrogen-bond acceptors (Lipinski definition) is 3. The quantitative estimate of drug-likeness (QED) is 0.912. The van der Waals surface area contributed by atoms with E-state index < -0.39 is 11.9 Å². The average molecular weight is 256 g/mol. The molecule has 96 valence electrons. The summed E-state index contributed by atoms with van der Waals surface area (Å²) >= 11 is 0. The maximum absolute atomic E-state index is 12.3. The molecule has 0 aliphatic rings. The van der Waals surface area contributed by atoms with E-state index in [9.17, 15) is 9.59 Å². The van der Waals surface area contributed by atoms with E-state index in [0.29, 0.717) is 5.82 Å². The Labute approximate surface area is 110 Å². The SMILES string of the molecule is CN(C(=O)c1ccccc1C(=O)O)c1ccccn1. The number of rotatable bonds is 3. The Balaban J connectivity index is 2.38. The fourth-order valence-electron chi connectivity index (χ4n) is 1.69. The van der Waals surface area contributed by atoms with Crippen LogP contribution in [0.25, 0.3) is 0 Å². The second-order valence-corrected chi connectivity index (χ2v) is 3.90. The highest BCUT2D eigenvalue weighted by Gasteiger charge is 2.20. The van der Waals surface area contributed by atoms with Crippen molar-refractivity contribution in [3.63, 3.8) is 0 Å². The van der Waals surface area contributed by atoms with E-state index in [1.165, 1.54) is 17.0 Å². The molecule has 1 aromatic carbocycles. The zero-order chi connectivity index (χ0) is 13.8. The van der Waals surface area contributed by atoms with Gasteiger partial charge in [0.05, 0.1) is 11.1 Å². The normalized spacial score (nSPS) is 9.95. The molecule has 0 atom stereocenters. The molecular weight excluding hydrogens is 244 g/mol. The lowest BCUT2D eigenvalue weighted by Crippen LogP contribution is -2.28. The molecule has 0 aliphatic heterocycles. The minimum Gasteiger partial charge on any atom is -0.478 e. The van der Waals surface area contributed by atoms with Crippen molar-refractivity contribution in [3.05, 3.63) is 59.8 Å². The van der Waals surface area contributed by atoms with E-state index in [2.05, 4.69) is 4.98 Å². The Morgan fingerprint density at radius 2 is 1.68 bits per heavy atom. The van der Waals surface area contributed by atoms with Crippen molar-refractivity contribution < 1.29 is 14.7 Å². The zero-order valence-electron chi connectivity index (χ0n) is 10.3. The molecular formula is C14H12N2O3. The van der Waals surface area contributed by atoms with Crippen molar-refractivity contribution in [2.24, 2.45) is 0 Å². The molecule has 1 aromatic heterocycles. The summed E-state index contributed by atoms with van der Waals surface area (Å²) in [5.74, 6) is -1.07. The lowest BCUT2D eigenvalue weighted by molar-refractivity contribution is 0.0692. The average Bonchev–Trinajstić information content (AvgIpc) is 2.46. The summed E-state index contributed by atoms with van der Waals surface area (Å²) in [6.07, 6.45) is 1.57. The molecule has 0 fully saturated rings. The van der Waals surface area contributed by atoms with Gasteiger partial charge in [0.1, 0.15) is 5.82 Å². The fraction of sp³-hybridized carbons (Fsp3) is 0.0714. The Morgan fingerprint density at radius 1 is 1.05 bits per heavy atom. The number of amides is 1. The van der Waals surface area contributed by atoms with Crippen LogP contribution in [-0.4, -0.2) is 29.0 Å². The first kappa shape index (κ1) is 12.8. The van der Waals surface area contributed by atoms with Crippen LogP contribution in [0.15, 0.2) is 48.7 Å². The standard InChI is InChI=1S/C14H12N2O3/c1-16(12-8-4-5-9-15-12)13(17)10-6-2-3-7-11(10)14(18)19/h2-9H,1H3,(H,18,19). The van der Waals surface area contributed by atoms with Gasteiger partial charge in [0.25, 0.3) is 5.91 Å². The van der Waals surface area contributed by atoms with Crippen molar-refractivity contribution in [1.82, 2.24) is 4.98 Å². The molecule has 5 heteroatoms. The van der Waals surface area contributed by atoms with Crippen molar-refractivity contribution in [1.29, 1.82) is 0 Å². The highest BCUT2D eigenvalue weighted by molar-refractivity contribution is 6.11. The number of carbonyl (C=O) groups is 2. The summed E-state index contributed by atoms with van der Waals surface area (Å²) in [6.45, 7) is 0. The third kappa shape index (κ3) is 2.60. The van der Waals surface area contributed by atoms with Gasteiger partial charge >= 0.3 is 5.97 Å². The van der Waals surface area contributed by atoms with Crippen LogP contribution in [0.1, 0.15) is 20.7 Å². The van der Waals surface area contributed by atoms with E-state index in [1.807, 2.05) is 0 Å². The monoisotopic (exact) mass is 256 g/mol. The van der Waals surface area contributed by atoms with E-state index >= 15 is 0 Å². The first-order valence-electron chi connectivity index (χ1n) is 5.62. The summed E-state index contributed by atoms with van der Waals surface area (Å²) in [7, 11) is 1.56. The smallest absolute Gasteiger partial charge is 0.336 e. The second-order valence-electron chi connectivity index (χ2n) is 3.90. The van der Waals surface area contributed by atoms with Gasteiger partial charge in [0.15, 0.2) is 0 Å². The zero-order valence-corrected chi connectivity index (χ0v) is 10.3. The lowest BCUT2D eigenvalue weighted by Gasteiger charge is -2.17. The van der Waals surface area contributed by atoms with Gasteiger partial charge in [-0.1, -0.05) is 18.2 Å². The molecule has 0 radical (unpaired) electrons. The Hall–Kier alpha value is -2.69. The van der Waals surface area contributed by atoms with Gasteiger partial charge in [0, 0.05) is 13.2 Å². The molecule has 0 aliphatic carbocycles. The predicted octanol–water partition coefficient (Wildman–Crippen LogP) is 2.06. The maximum Gasteiger partial charge on any atom is 0.336 e. The number of hydrogen-bond donors (Lipinski definition) is 1. The molecule has 0 bridgehead atoms. The van der Waals surface area contributed by atoms with E-state index in [-0.39, 0.29) is 11.1 Å². The van der Waals surface area contributed by atoms with Gasteiger partial charge in [-0.25, -0.2) is 9.78 Å². The van der Waals surface area contributed by atoms with Gasteiger partial charge in [-0.2, -0.15) is 0 Å². The molecule has 0 saturated carbocycles. The van der Waals surface area contributed by atoms with Crippen molar-refractivity contribution in [2.75, 3.05) is 11.9 Å². The minimum atomic E-state index is -1.13. The maximum atomic E-state index is 12.3. The fourth-order valence-corrected chi connectivity index (χ4v) is 1.69. The van der Waals surface area contributed by atoms with Crippen LogP contribution in [0.2, 0.25) is 0 Å². The number of nitrogens with zero attached hydrogens (tertiary/aromatic N) is 2. The lowest BCUT2D eigenvalue weighted by atomic mass is 10.1. The van der Waals surface area contributed by atoms with E-state index in [4.69, 9.17) is 5.11 Å². The van der Waals surface area contributed by atoms with Gasteiger partial charge in [-0.3, -0.25) is 9.69 Å². The highest BCUT2D eigenvalue weighted by Crippen LogP contribution is 2.15. The van der Waals surface area contributed by atoms with Crippen molar-refractivity contribution in [2.45, 2.75) is 0 Å². The van der Waals surface area contributed by atoms with E-state index in [1.54, 1.807) is 43.6 Å². The molecule has 0 saturated heterocycles. The molecule has 5 nitrogen and oxygen atoms in total. The van der Waals surface area contributed by atoms with Gasteiger partial charge in [-0.15, -0.1) is 0 Å². The number of anilines is 1. The molecule has 1 heterocycles. The van der Waals surface area contributed by atoms with Crippen LogP contribution < -0.4 is 4.90 Å². The minimum absolute atomic E-state index is 0.0183.